The lowest BCUT2D eigenvalue weighted by Crippen LogP contribution is -2.48. The Morgan fingerprint density at radius 2 is 1.85 bits per heavy atom. The minimum absolute atomic E-state index is 0.0522. The van der Waals surface area contributed by atoms with E-state index in [-0.39, 0.29) is 5.91 Å². The summed E-state index contributed by atoms with van der Waals surface area (Å²) in [5.41, 5.74) is 4.79. The van der Waals surface area contributed by atoms with Crippen molar-refractivity contribution >= 4 is 29.3 Å². The Kier molecular flexibility index (Phi) is 12.8. The number of piperazine rings is 1. The number of carbonyl (C=O) groups is 1. The van der Waals surface area contributed by atoms with Crippen LogP contribution in [-0.4, -0.2) is 93.2 Å². The van der Waals surface area contributed by atoms with Crippen molar-refractivity contribution in [3.8, 4) is 11.5 Å². The number of nitrogens with one attached hydrogen (secondary N) is 1. The maximum absolute atomic E-state index is 12.7. The molecule has 0 aliphatic carbocycles. The zero-order valence-electron chi connectivity index (χ0n) is 28.9. The van der Waals surface area contributed by atoms with Gasteiger partial charge in [0.1, 0.15) is 17.3 Å². The Balaban J connectivity index is 1.55. The maximum atomic E-state index is 12.7. The second-order valence-corrected chi connectivity index (χ2v) is 11.7. The highest BCUT2D eigenvalue weighted by molar-refractivity contribution is 6.12. The number of ether oxygens (including phenoxy) is 2. The molecule has 10 nitrogen and oxygen atoms in total. The number of hydrogen-bond acceptors (Lipinski definition) is 8. The SMILES string of the molecule is C/C=N\N1C=CC(Oc2ccc(NC(=N/C=C/CC)c3c(C)ccc(N4CCN(C(=O)/C=C/CN(C)C)CC4)c3OC)cc2C)=CC1. The molecule has 2 aliphatic rings. The Morgan fingerprint density at radius 1 is 1.06 bits per heavy atom. The third-order valence-electron chi connectivity index (χ3n) is 7.81. The first-order valence-electron chi connectivity index (χ1n) is 16.2. The van der Waals surface area contributed by atoms with Gasteiger partial charge in [-0.1, -0.05) is 25.1 Å². The molecule has 2 aromatic rings. The molecule has 0 aromatic heterocycles. The predicted molar refractivity (Wildman–Crippen MR) is 194 cm³/mol. The summed E-state index contributed by atoms with van der Waals surface area (Å²) < 4.78 is 12.3. The first-order chi connectivity index (χ1) is 22.7. The highest BCUT2D eigenvalue weighted by atomic mass is 16.5. The molecule has 2 aliphatic heterocycles. The number of hydrogen-bond donors (Lipinski definition) is 1. The lowest BCUT2D eigenvalue weighted by Gasteiger charge is -2.36. The van der Waals surface area contributed by atoms with Crippen molar-refractivity contribution < 1.29 is 14.3 Å². The zero-order valence-corrected chi connectivity index (χ0v) is 28.9. The van der Waals surface area contributed by atoms with Crippen molar-refractivity contribution in [1.29, 1.82) is 0 Å². The number of anilines is 2. The van der Waals surface area contributed by atoms with Gasteiger partial charge in [-0.05, 0) is 88.8 Å². The molecule has 4 rings (SSSR count). The number of likely N-dealkylation sites (N-methyl/N-ethyl adjacent to an activating group) is 1. The van der Waals surface area contributed by atoms with Crippen molar-refractivity contribution in [2.75, 3.05) is 70.7 Å². The lowest BCUT2D eigenvalue weighted by atomic mass is 10.0. The van der Waals surface area contributed by atoms with E-state index in [0.717, 1.165) is 58.3 Å². The number of aryl methyl sites for hydroxylation is 2. The standard InChI is InChI=1S/C37H49N7O3/c1-8-10-19-38-37(40-30-14-16-33(29(4)27-30)47-31-17-21-44(22-18-31)39-9-2)35-28(3)13-15-32(36(35)46-7)42-23-25-43(26-24-42)34(45)12-11-20-41(5)6/h9-19,21,27H,8,20,22-26H2,1-7H3,(H,38,40)/b12-11+,19-10+,39-9-. The van der Waals surface area contributed by atoms with Gasteiger partial charge in [-0.3, -0.25) is 9.80 Å². The fourth-order valence-corrected chi connectivity index (χ4v) is 5.34. The number of amides is 1. The minimum Gasteiger partial charge on any atom is -0.494 e. The first kappa shape index (κ1) is 35.0. The molecule has 0 radical (unpaired) electrons. The predicted octanol–water partition coefficient (Wildman–Crippen LogP) is 5.96. The monoisotopic (exact) mass is 639 g/mol. The van der Waals surface area contributed by atoms with Crippen LogP contribution in [0.5, 0.6) is 11.5 Å². The Hall–Kier alpha value is -4.83. The number of amidine groups is 1. The van der Waals surface area contributed by atoms with Gasteiger partial charge in [-0.15, -0.1) is 0 Å². The van der Waals surface area contributed by atoms with Gasteiger partial charge in [0.05, 0.1) is 24.9 Å². The highest BCUT2D eigenvalue weighted by Gasteiger charge is 2.25. The van der Waals surface area contributed by atoms with Gasteiger partial charge in [0, 0.05) is 63.1 Å². The molecule has 2 aromatic carbocycles. The topological polar surface area (TPSA) is 85.2 Å². The molecule has 10 heteroatoms. The average molecular weight is 640 g/mol. The van der Waals surface area contributed by atoms with Crippen molar-refractivity contribution in [3.05, 3.63) is 95.6 Å². The lowest BCUT2D eigenvalue weighted by molar-refractivity contribution is -0.126. The van der Waals surface area contributed by atoms with E-state index < -0.39 is 0 Å². The Bertz CT molecular complexity index is 1560. The van der Waals surface area contributed by atoms with E-state index in [2.05, 4.69) is 47.4 Å². The van der Waals surface area contributed by atoms with Crippen molar-refractivity contribution in [2.24, 2.45) is 10.1 Å². The average Bonchev–Trinajstić information content (AvgIpc) is 3.06. The molecule has 0 bridgehead atoms. The number of hydrazone groups is 1. The van der Waals surface area contributed by atoms with Crippen LogP contribution < -0.4 is 19.7 Å². The van der Waals surface area contributed by atoms with E-state index in [9.17, 15) is 4.79 Å². The van der Waals surface area contributed by atoms with Crippen LogP contribution in [0.1, 0.15) is 37.0 Å². The van der Waals surface area contributed by atoms with Crippen LogP contribution in [0.4, 0.5) is 11.4 Å². The number of aliphatic imine (C=N–C) groups is 1. The van der Waals surface area contributed by atoms with Gasteiger partial charge in [0.2, 0.25) is 5.91 Å². The van der Waals surface area contributed by atoms with E-state index in [1.54, 1.807) is 19.4 Å². The van der Waals surface area contributed by atoms with E-state index in [1.807, 2.05) is 91.6 Å². The normalized spacial score (nSPS) is 15.8. The highest BCUT2D eigenvalue weighted by Crippen LogP contribution is 2.36. The Morgan fingerprint density at radius 3 is 2.49 bits per heavy atom. The van der Waals surface area contributed by atoms with E-state index in [0.29, 0.717) is 38.6 Å². The number of methoxy groups -OCH3 is 1. The van der Waals surface area contributed by atoms with Gasteiger partial charge in [0.15, 0.2) is 5.75 Å². The second kappa shape index (κ2) is 17.2. The van der Waals surface area contributed by atoms with Gasteiger partial charge in [0.25, 0.3) is 0 Å². The summed E-state index contributed by atoms with van der Waals surface area (Å²) in [5, 5.41) is 9.69. The van der Waals surface area contributed by atoms with Crippen LogP contribution in [0.2, 0.25) is 0 Å². The van der Waals surface area contributed by atoms with Gasteiger partial charge >= 0.3 is 0 Å². The summed E-state index contributed by atoms with van der Waals surface area (Å²) in [5.74, 6) is 3.06. The molecule has 2 heterocycles. The summed E-state index contributed by atoms with van der Waals surface area (Å²) in [6, 6.07) is 10.2. The number of allylic oxidation sites excluding steroid dienone is 2. The fourth-order valence-electron chi connectivity index (χ4n) is 5.34. The number of benzene rings is 2. The molecular weight excluding hydrogens is 590 g/mol. The summed E-state index contributed by atoms with van der Waals surface area (Å²) in [6.45, 7) is 12.2. The first-order valence-corrected chi connectivity index (χ1v) is 16.2. The number of carbonyl (C=O) groups excluding carboxylic acids is 1. The third kappa shape index (κ3) is 9.59. The molecular formula is C37H49N7O3. The molecule has 0 atom stereocenters. The minimum atomic E-state index is 0.0522. The van der Waals surface area contributed by atoms with E-state index >= 15 is 0 Å². The Labute approximate surface area is 280 Å². The van der Waals surface area contributed by atoms with Crippen LogP contribution in [0, 0.1) is 13.8 Å². The van der Waals surface area contributed by atoms with E-state index in [1.165, 1.54) is 0 Å². The quantitative estimate of drug-likeness (QED) is 0.174. The molecule has 1 amide bonds. The van der Waals surface area contributed by atoms with Crippen LogP contribution in [-0.2, 0) is 4.79 Å². The molecule has 1 fully saturated rings. The number of nitrogens with zero attached hydrogens (tertiary/aromatic N) is 6. The summed E-state index contributed by atoms with van der Waals surface area (Å²) >= 11 is 0. The molecule has 47 heavy (non-hydrogen) atoms. The molecule has 0 unspecified atom stereocenters. The summed E-state index contributed by atoms with van der Waals surface area (Å²) in [7, 11) is 5.68. The largest absolute Gasteiger partial charge is 0.494 e. The van der Waals surface area contributed by atoms with Gasteiger partial charge in [-0.25, -0.2) is 4.99 Å². The smallest absolute Gasteiger partial charge is 0.246 e. The molecule has 1 saturated heterocycles. The summed E-state index contributed by atoms with van der Waals surface area (Å²) in [4.78, 5) is 23.8. The summed E-state index contributed by atoms with van der Waals surface area (Å²) in [6.07, 6.45) is 15.9. The molecule has 250 valence electrons. The van der Waals surface area contributed by atoms with Crippen LogP contribution in [0.25, 0.3) is 0 Å². The van der Waals surface area contributed by atoms with Crippen LogP contribution in [0.15, 0.2) is 89.0 Å². The number of rotatable bonds is 12. The van der Waals surface area contributed by atoms with Crippen LogP contribution in [0.3, 0.4) is 0 Å². The van der Waals surface area contributed by atoms with E-state index in [4.69, 9.17) is 14.5 Å². The maximum Gasteiger partial charge on any atom is 0.246 e. The molecule has 0 saturated carbocycles. The zero-order chi connectivity index (χ0) is 33.8. The fraction of sp³-hybridized carbons (Fsp3) is 0.378. The van der Waals surface area contributed by atoms with Crippen molar-refractivity contribution in [2.45, 2.75) is 34.1 Å². The second-order valence-electron chi connectivity index (χ2n) is 11.7. The van der Waals surface area contributed by atoms with Crippen LogP contribution >= 0.6 is 0 Å². The molecule has 1 N–H and O–H groups in total. The third-order valence-corrected chi connectivity index (χ3v) is 7.81. The van der Waals surface area contributed by atoms with Gasteiger partial charge < -0.3 is 29.5 Å². The molecule has 0 spiro atoms. The van der Waals surface area contributed by atoms with Gasteiger partial charge in [-0.2, -0.15) is 5.10 Å². The van der Waals surface area contributed by atoms with Crippen molar-refractivity contribution in [1.82, 2.24) is 14.8 Å². The van der Waals surface area contributed by atoms with Crippen molar-refractivity contribution in [3.63, 3.8) is 0 Å².